The summed E-state index contributed by atoms with van der Waals surface area (Å²) in [5, 5.41) is 2.79. The molecular weight excluding hydrogens is 195 g/mol. The summed E-state index contributed by atoms with van der Waals surface area (Å²) in [4.78, 5) is 3.99. The van der Waals surface area contributed by atoms with E-state index in [4.69, 9.17) is 4.42 Å². The van der Waals surface area contributed by atoms with Crippen molar-refractivity contribution in [2.45, 2.75) is 6.92 Å². The molecule has 0 spiro atoms. The van der Waals surface area contributed by atoms with Crippen molar-refractivity contribution in [1.29, 1.82) is 0 Å². The second-order valence-electron chi connectivity index (χ2n) is 3.24. The Bertz CT molecular complexity index is 479. The maximum Gasteiger partial charge on any atom is 0.294 e. The molecule has 0 aliphatic carbocycles. The summed E-state index contributed by atoms with van der Waals surface area (Å²) in [6.45, 7) is 1.72. The Morgan fingerprint density at radius 3 is 2.80 bits per heavy atom. The summed E-state index contributed by atoms with van der Waals surface area (Å²) in [5.41, 5.74) is 1.41. The molecule has 0 fully saturated rings. The molecule has 0 aliphatic heterocycles. The van der Waals surface area contributed by atoms with Crippen LogP contribution in [0.2, 0.25) is 0 Å². The van der Waals surface area contributed by atoms with Crippen LogP contribution in [0.3, 0.4) is 0 Å². The highest BCUT2D eigenvalue weighted by molar-refractivity contribution is 5.58. The quantitative estimate of drug-likeness (QED) is 0.821. The number of oxazole rings is 1. The summed E-state index contributed by atoms with van der Waals surface area (Å²) < 4.78 is 18.4. The molecular formula is C11H11FN2O. The molecule has 2 aromatic rings. The monoisotopic (exact) mass is 206 g/mol. The van der Waals surface area contributed by atoms with Gasteiger partial charge in [0.2, 0.25) is 0 Å². The number of benzene rings is 1. The molecule has 0 amide bonds. The number of halogens is 1. The van der Waals surface area contributed by atoms with Crippen LogP contribution in [0.25, 0.3) is 11.3 Å². The first-order valence-corrected chi connectivity index (χ1v) is 4.61. The van der Waals surface area contributed by atoms with E-state index >= 15 is 0 Å². The average Bonchev–Trinajstić information content (AvgIpc) is 2.70. The molecule has 15 heavy (non-hydrogen) atoms. The Morgan fingerprint density at radius 1 is 1.40 bits per heavy atom. The minimum Gasteiger partial charge on any atom is -0.424 e. The third-order valence-electron chi connectivity index (χ3n) is 2.16. The summed E-state index contributed by atoms with van der Waals surface area (Å²) in [7, 11) is 1.73. The van der Waals surface area contributed by atoms with Gasteiger partial charge in [0.1, 0.15) is 5.82 Å². The summed E-state index contributed by atoms with van der Waals surface area (Å²) in [6, 6.07) is 5.27. The second-order valence-corrected chi connectivity index (χ2v) is 3.24. The van der Waals surface area contributed by atoms with E-state index in [1.165, 1.54) is 6.07 Å². The molecule has 0 atom stereocenters. The molecule has 1 heterocycles. The molecule has 0 unspecified atom stereocenters. The van der Waals surface area contributed by atoms with Gasteiger partial charge in [-0.3, -0.25) is 0 Å². The molecule has 0 aliphatic rings. The van der Waals surface area contributed by atoms with Gasteiger partial charge in [-0.05, 0) is 30.7 Å². The molecule has 0 radical (unpaired) electrons. The fourth-order valence-corrected chi connectivity index (χ4v) is 1.32. The Labute approximate surface area is 86.9 Å². The first-order chi connectivity index (χ1) is 7.20. The molecule has 3 nitrogen and oxygen atoms in total. The van der Waals surface area contributed by atoms with Gasteiger partial charge in [0.25, 0.3) is 6.01 Å². The fraction of sp³-hybridized carbons (Fsp3) is 0.182. The highest BCUT2D eigenvalue weighted by Crippen LogP contribution is 2.23. The van der Waals surface area contributed by atoms with Crippen molar-refractivity contribution in [1.82, 2.24) is 4.98 Å². The number of aromatic nitrogens is 1. The minimum absolute atomic E-state index is 0.216. The zero-order valence-corrected chi connectivity index (χ0v) is 8.54. The summed E-state index contributed by atoms with van der Waals surface area (Å²) >= 11 is 0. The van der Waals surface area contributed by atoms with Crippen LogP contribution < -0.4 is 5.32 Å². The molecule has 1 aromatic carbocycles. The largest absolute Gasteiger partial charge is 0.424 e. The van der Waals surface area contributed by atoms with Gasteiger partial charge in [-0.2, -0.15) is 0 Å². The Morgan fingerprint density at radius 2 is 2.20 bits per heavy atom. The van der Waals surface area contributed by atoms with Gasteiger partial charge in [0, 0.05) is 12.6 Å². The Hall–Kier alpha value is -1.84. The maximum absolute atomic E-state index is 13.0. The van der Waals surface area contributed by atoms with E-state index in [1.54, 1.807) is 32.3 Å². The number of nitrogens with zero attached hydrogens (tertiary/aromatic N) is 1. The summed E-state index contributed by atoms with van der Waals surface area (Å²) in [5.74, 6) is 0.412. The first-order valence-electron chi connectivity index (χ1n) is 4.61. The summed E-state index contributed by atoms with van der Waals surface area (Å²) in [6.07, 6.45) is 1.61. The van der Waals surface area contributed by atoms with E-state index in [0.717, 1.165) is 5.56 Å². The van der Waals surface area contributed by atoms with Crippen LogP contribution in [0.15, 0.2) is 28.8 Å². The van der Waals surface area contributed by atoms with Gasteiger partial charge >= 0.3 is 0 Å². The van der Waals surface area contributed by atoms with E-state index < -0.39 is 0 Å². The van der Waals surface area contributed by atoms with Crippen molar-refractivity contribution in [2.75, 3.05) is 12.4 Å². The van der Waals surface area contributed by atoms with E-state index in [9.17, 15) is 4.39 Å². The molecule has 0 bridgehead atoms. The van der Waals surface area contributed by atoms with Crippen LogP contribution in [-0.4, -0.2) is 12.0 Å². The Balaban J connectivity index is 2.40. The lowest BCUT2D eigenvalue weighted by atomic mass is 10.1. The van der Waals surface area contributed by atoms with Gasteiger partial charge in [0.05, 0.1) is 6.20 Å². The fourth-order valence-electron chi connectivity index (χ4n) is 1.32. The van der Waals surface area contributed by atoms with Crippen LogP contribution in [0.5, 0.6) is 0 Å². The predicted octanol–water partition coefficient (Wildman–Crippen LogP) is 2.83. The standard InChI is InChI=1S/C11H11FN2O/c1-7-5-8(3-4-9(7)12)10-6-14-11(13-2)15-10/h3-6H,1-2H3,(H,13,14). The highest BCUT2D eigenvalue weighted by Gasteiger charge is 2.06. The molecule has 0 saturated carbocycles. The Kier molecular flexibility index (Phi) is 2.41. The lowest BCUT2D eigenvalue weighted by Crippen LogP contribution is -1.85. The van der Waals surface area contributed by atoms with Crippen molar-refractivity contribution in [3.63, 3.8) is 0 Å². The first kappa shape index (κ1) is 9.71. The van der Waals surface area contributed by atoms with E-state index in [-0.39, 0.29) is 5.82 Å². The number of rotatable bonds is 2. The number of aryl methyl sites for hydroxylation is 1. The van der Waals surface area contributed by atoms with E-state index in [2.05, 4.69) is 10.3 Å². The van der Waals surface area contributed by atoms with Crippen molar-refractivity contribution >= 4 is 6.01 Å². The lowest BCUT2D eigenvalue weighted by Gasteiger charge is -1.99. The number of nitrogens with one attached hydrogen (secondary N) is 1. The predicted molar refractivity (Wildman–Crippen MR) is 56.2 cm³/mol. The minimum atomic E-state index is -0.216. The molecule has 1 aromatic heterocycles. The molecule has 2 rings (SSSR count). The van der Waals surface area contributed by atoms with E-state index in [0.29, 0.717) is 17.3 Å². The SMILES string of the molecule is CNc1ncc(-c2ccc(F)c(C)c2)o1. The van der Waals surface area contributed by atoms with Crippen molar-refractivity contribution in [2.24, 2.45) is 0 Å². The van der Waals surface area contributed by atoms with Crippen LogP contribution in [0.1, 0.15) is 5.56 Å². The average molecular weight is 206 g/mol. The van der Waals surface area contributed by atoms with Crippen molar-refractivity contribution < 1.29 is 8.81 Å². The van der Waals surface area contributed by atoms with Crippen LogP contribution >= 0.6 is 0 Å². The van der Waals surface area contributed by atoms with Gasteiger partial charge in [-0.25, -0.2) is 9.37 Å². The number of hydrogen-bond acceptors (Lipinski definition) is 3. The van der Waals surface area contributed by atoms with Gasteiger partial charge in [-0.15, -0.1) is 0 Å². The number of anilines is 1. The third kappa shape index (κ3) is 1.83. The van der Waals surface area contributed by atoms with Crippen LogP contribution in [0.4, 0.5) is 10.4 Å². The normalized spacial score (nSPS) is 10.3. The molecule has 1 N–H and O–H groups in total. The maximum atomic E-state index is 13.0. The smallest absolute Gasteiger partial charge is 0.294 e. The zero-order valence-electron chi connectivity index (χ0n) is 8.54. The molecule has 0 saturated heterocycles. The van der Waals surface area contributed by atoms with Gasteiger partial charge in [-0.1, -0.05) is 0 Å². The van der Waals surface area contributed by atoms with Gasteiger partial charge in [0.15, 0.2) is 5.76 Å². The van der Waals surface area contributed by atoms with Crippen molar-refractivity contribution in [3.8, 4) is 11.3 Å². The van der Waals surface area contributed by atoms with Crippen LogP contribution in [-0.2, 0) is 0 Å². The molecule has 4 heteroatoms. The van der Waals surface area contributed by atoms with Crippen molar-refractivity contribution in [3.05, 3.63) is 35.8 Å². The lowest BCUT2D eigenvalue weighted by molar-refractivity contribution is 0.588. The van der Waals surface area contributed by atoms with E-state index in [1.807, 2.05) is 0 Å². The zero-order chi connectivity index (χ0) is 10.8. The highest BCUT2D eigenvalue weighted by atomic mass is 19.1. The second kappa shape index (κ2) is 3.73. The number of hydrogen-bond donors (Lipinski definition) is 1. The third-order valence-corrected chi connectivity index (χ3v) is 2.16. The van der Waals surface area contributed by atoms with Crippen LogP contribution in [0, 0.1) is 12.7 Å². The van der Waals surface area contributed by atoms with Gasteiger partial charge < -0.3 is 9.73 Å². The topological polar surface area (TPSA) is 38.1 Å². The molecule has 78 valence electrons.